The maximum atomic E-state index is 13.1. The second-order valence-electron chi connectivity index (χ2n) is 6.24. The molecule has 2 aromatic carbocycles. The predicted octanol–water partition coefficient (Wildman–Crippen LogP) is 5.85. The first kappa shape index (κ1) is 20.8. The van der Waals surface area contributed by atoms with E-state index in [1.54, 1.807) is 30.3 Å². The fraction of sp³-hybridized carbons (Fsp3) is 0. The summed E-state index contributed by atoms with van der Waals surface area (Å²) in [5, 5.41) is 2.83. The average molecular weight is 522 g/mol. The van der Waals surface area contributed by atoms with Crippen molar-refractivity contribution in [1.82, 2.24) is 5.32 Å². The number of carbonyl (C=O) groups excluding carboxylic acids is 2. The highest BCUT2D eigenvalue weighted by Crippen LogP contribution is 2.34. The summed E-state index contributed by atoms with van der Waals surface area (Å²) in [6.45, 7) is 0. The lowest BCUT2D eigenvalue weighted by atomic mass is 10.1. The Kier molecular flexibility index (Phi) is 5.79. The normalized spacial score (nSPS) is 15.6. The van der Waals surface area contributed by atoms with E-state index >= 15 is 0 Å². The van der Waals surface area contributed by atoms with Crippen LogP contribution in [0.5, 0.6) is 0 Å². The van der Waals surface area contributed by atoms with Crippen molar-refractivity contribution in [2.24, 2.45) is 0 Å². The van der Waals surface area contributed by atoms with Crippen LogP contribution in [0.3, 0.4) is 0 Å². The van der Waals surface area contributed by atoms with Crippen LogP contribution in [0.15, 0.2) is 69.1 Å². The Hall–Kier alpha value is -2.45. The van der Waals surface area contributed by atoms with Gasteiger partial charge in [0.25, 0.3) is 11.8 Å². The van der Waals surface area contributed by atoms with Gasteiger partial charge in [0.05, 0.1) is 15.7 Å². The molecule has 0 spiro atoms. The SMILES string of the molecule is O=C1NC(=S)N(c2cccc(Cl)c2Cl)C(=O)/C1=C\c1ccc(-c2ccc(Br)cc2)o1. The minimum Gasteiger partial charge on any atom is -0.457 e. The summed E-state index contributed by atoms with van der Waals surface area (Å²) < 4.78 is 6.74. The van der Waals surface area contributed by atoms with Crippen LogP contribution in [-0.4, -0.2) is 16.9 Å². The van der Waals surface area contributed by atoms with Crippen molar-refractivity contribution >= 4 is 80.0 Å². The van der Waals surface area contributed by atoms with Gasteiger partial charge in [-0.3, -0.25) is 19.8 Å². The Morgan fingerprint density at radius 3 is 2.50 bits per heavy atom. The van der Waals surface area contributed by atoms with Crippen LogP contribution >= 0.6 is 51.3 Å². The second kappa shape index (κ2) is 8.35. The Bertz CT molecular complexity index is 1220. The van der Waals surface area contributed by atoms with E-state index in [4.69, 9.17) is 39.8 Å². The topological polar surface area (TPSA) is 62.6 Å². The van der Waals surface area contributed by atoms with Gasteiger partial charge in [0.15, 0.2) is 5.11 Å². The third-order valence-electron chi connectivity index (χ3n) is 4.32. The molecule has 3 aromatic rings. The molecule has 1 N–H and O–H groups in total. The fourth-order valence-corrected chi connectivity index (χ4v) is 3.80. The Labute approximate surface area is 195 Å². The minimum atomic E-state index is -0.630. The number of carbonyl (C=O) groups is 2. The van der Waals surface area contributed by atoms with E-state index in [-0.39, 0.29) is 26.4 Å². The summed E-state index contributed by atoms with van der Waals surface area (Å²) in [5.41, 5.74) is 0.993. The van der Waals surface area contributed by atoms with Gasteiger partial charge in [-0.05, 0) is 54.7 Å². The molecule has 0 bridgehead atoms. The highest BCUT2D eigenvalue weighted by molar-refractivity contribution is 9.10. The molecule has 2 heterocycles. The largest absolute Gasteiger partial charge is 0.457 e. The molecule has 1 aromatic heterocycles. The van der Waals surface area contributed by atoms with Crippen LogP contribution in [0, 0.1) is 0 Å². The molecule has 1 fully saturated rings. The third kappa shape index (κ3) is 3.94. The van der Waals surface area contributed by atoms with E-state index in [2.05, 4.69) is 21.2 Å². The van der Waals surface area contributed by atoms with Gasteiger partial charge in [-0.2, -0.15) is 0 Å². The van der Waals surface area contributed by atoms with Crippen LogP contribution in [-0.2, 0) is 9.59 Å². The predicted molar refractivity (Wildman–Crippen MR) is 125 cm³/mol. The molecule has 4 rings (SSSR count). The molecule has 1 aliphatic heterocycles. The average Bonchev–Trinajstić information content (AvgIpc) is 3.17. The number of anilines is 1. The molecule has 0 radical (unpaired) electrons. The van der Waals surface area contributed by atoms with Crippen LogP contribution in [0.25, 0.3) is 17.4 Å². The van der Waals surface area contributed by atoms with E-state index in [0.29, 0.717) is 11.5 Å². The summed E-state index contributed by atoms with van der Waals surface area (Å²) in [5.74, 6) is -0.310. The number of benzene rings is 2. The van der Waals surface area contributed by atoms with Gasteiger partial charge in [0, 0.05) is 10.0 Å². The Balaban J connectivity index is 1.70. The smallest absolute Gasteiger partial charge is 0.270 e. The molecular formula is C21H11BrCl2N2O3S. The third-order valence-corrected chi connectivity index (χ3v) is 5.94. The van der Waals surface area contributed by atoms with Crippen molar-refractivity contribution in [1.29, 1.82) is 0 Å². The summed E-state index contributed by atoms with van der Waals surface area (Å²) in [6.07, 6.45) is 1.37. The molecule has 1 saturated heterocycles. The molecule has 0 aliphatic carbocycles. The number of hydrogen-bond acceptors (Lipinski definition) is 4. The number of amides is 2. The lowest BCUT2D eigenvalue weighted by Crippen LogP contribution is -2.54. The highest BCUT2D eigenvalue weighted by atomic mass is 79.9. The zero-order valence-corrected chi connectivity index (χ0v) is 18.9. The molecule has 0 atom stereocenters. The van der Waals surface area contributed by atoms with E-state index < -0.39 is 11.8 Å². The highest BCUT2D eigenvalue weighted by Gasteiger charge is 2.36. The van der Waals surface area contributed by atoms with E-state index in [1.165, 1.54) is 6.08 Å². The molecule has 1 aliphatic rings. The van der Waals surface area contributed by atoms with Crippen molar-refractivity contribution < 1.29 is 14.0 Å². The van der Waals surface area contributed by atoms with Crippen molar-refractivity contribution in [3.8, 4) is 11.3 Å². The zero-order chi connectivity index (χ0) is 21.4. The van der Waals surface area contributed by atoms with Crippen molar-refractivity contribution in [2.45, 2.75) is 0 Å². The van der Waals surface area contributed by atoms with Gasteiger partial charge in [0.1, 0.15) is 17.1 Å². The van der Waals surface area contributed by atoms with Gasteiger partial charge < -0.3 is 4.42 Å². The van der Waals surface area contributed by atoms with E-state index in [9.17, 15) is 9.59 Å². The second-order valence-corrected chi connectivity index (χ2v) is 8.33. The minimum absolute atomic E-state index is 0.0821. The Morgan fingerprint density at radius 2 is 1.77 bits per heavy atom. The summed E-state index contributed by atoms with van der Waals surface area (Å²) in [4.78, 5) is 26.7. The quantitative estimate of drug-likeness (QED) is 0.267. The summed E-state index contributed by atoms with van der Waals surface area (Å²) >= 11 is 20.9. The van der Waals surface area contributed by atoms with Crippen LogP contribution < -0.4 is 10.2 Å². The molecule has 9 heteroatoms. The number of furan rings is 1. The van der Waals surface area contributed by atoms with Gasteiger partial charge in [-0.25, -0.2) is 0 Å². The molecule has 30 heavy (non-hydrogen) atoms. The summed E-state index contributed by atoms with van der Waals surface area (Å²) in [7, 11) is 0. The number of halogens is 3. The lowest BCUT2D eigenvalue weighted by Gasteiger charge is -2.29. The maximum absolute atomic E-state index is 13.1. The number of nitrogens with one attached hydrogen (secondary N) is 1. The van der Waals surface area contributed by atoms with Crippen LogP contribution in [0.4, 0.5) is 5.69 Å². The molecule has 0 saturated carbocycles. The van der Waals surface area contributed by atoms with Crippen molar-refractivity contribution in [3.05, 3.63) is 80.4 Å². The number of rotatable bonds is 3. The number of nitrogens with zero attached hydrogens (tertiary/aromatic N) is 1. The first-order chi connectivity index (χ1) is 14.3. The first-order valence-corrected chi connectivity index (χ1v) is 10.5. The fourth-order valence-electron chi connectivity index (χ4n) is 2.88. The molecule has 2 amide bonds. The van der Waals surface area contributed by atoms with Crippen molar-refractivity contribution in [2.75, 3.05) is 4.90 Å². The molecule has 5 nitrogen and oxygen atoms in total. The maximum Gasteiger partial charge on any atom is 0.270 e. The van der Waals surface area contributed by atoms with Gasteiger partial charge in [0.2, 0.25) is 0 Å². The number of hydrogen-bond donors (Lipinski definition) is 1. The molecule has 150 valence electrons. The summed E-state index contributed by atoms with van der Waals surface area (Å²) in [6, 6.07) is 15.8. The van der Waals surface area contributed by atoms with E-state index in [1.807, 2.05) is 24.3 Å². The number of thiocarbonyl (C=S) groups is 1. The monoisotopic (exact) mass is 520 g/mol. The lowest BCUT2D eigenvalue weighted by molar-refractivity contribution is -0.122. The molecular weight excluding hydrogens is 511 g/mol. The van der Waals surface area contributed by atoms with Crippen LogP contribution in [0.1, 0.15) is 5.76 Å². The molecule has 0 unspecified atom stereocenters. The van der Waals surface area contributed by atoms with Gasteiger partial charge in [-0.1, -0.05) is 57.3 Å². The van der Waals surface area contributed by atoms with Gasteiger partial charge in [-0.15, -0.1) is 0 Å². The van der Waals surface area contributed by atoms with Gasteiger partial charge >= 0.3 is 0 Å². The van der Waals surface area contributed by atoms with E-state index in [0.717, 1.165) is 14.9 Å². The Morgan fingerprint density at radius 1 is 1.03 bits per heavy atom. The standard InChI is InChI=1S/C21H11BrCl2N2O3S/c22-12-6-4-11(5-7-12)17-9-8-13(29-17)10-14-19(27)25-21(30)26(20(14)28)16-3-1-2-15(23)18(16)24/h1-10H,(H,25,27,30)/b14-10-. The van der Waals surface area contributed by atoms with Crippen molar-refractivity contribution in [3.63, 3.8) is 0 Å². The van der Waals surface area contributed by atoms with Crippen LogP contribution in [0.2, 0.25) is 10.0 Å². The zero-order valence-electron chi connectivity index (χ0n) is 15.0. The first-order valence-electron chi connectivity index (χ1n) is 8.56.